The summed E-state index contributed by atoms with van der Waals surface area (Å²) in [6.07, 6.45) is 12.2. The van der Waals surface area contributed by atoms with Gasteiger partial charge in [0, 0.05) is 11.7 Å². The average molecular weight is 433 g/mol. The van der Waals surface area contributed by atoms with Crippen molar-refractivity contribution in [3.63, 3.8) is 0 Å². The molecule has 0 amide bonds. The van der Waals surface area contributed by atoms with E-state index in [-0.39, 0.29) is 5.41 Å². The zero-order valence-corrected chi connectivity index (χ0v) is 20.0. The number of hydrogen-bond acceptors (Lipinski definition) is 4. The molecule has 0 spiro atoms. The molecule has 168 valence electrons. The minimum Gasteiger partial charge on any atom is -0.393 e. The predicted molar refractivity (Wildman–Crippen MR) is 128 cm³/mol. The molecule has 3 aliphatic rings. The molecule has 0 aromatic rings. The predicted octanol–water partition coefficient (Wildman–Crippen LogP) is 5.33. The van der Waals surface area contributed by atoms with Gasteiger partial charge in [0.2, 0.25) is 0 Å². The Kier molecular flexibility index (Phi) is 7.44. The Morgan fingerprint density at radius 2 is 2.07 bits per heavy atom. The monoisotopic (exact) mass is 432 g/mol. The first-order chi connectivity index (χ1) is 14.0. The van der Waals surface area contributed by atoms with E-state index in [2.05, 4.69) is 38.7 Å². The van der Waals surface area contributed by atoms with Gasteiger partial charge in [-0.2, -0.15) is 11.8 Å². The number of hydrogen-bond donors (Lipinski definition) is 3. The molecule has 4 heteroatoms. The maximum Gasteiger partial charge on any atom is 0.0811 e. The molecule has 3 nitrogen and oxygen atoms in total. The average Bonchev–Trinajstić information content (AvgIpc) is 3.00. The number of aliphatic hydroxyl groups excluding tert-OH is 2. The zero-order chi connectivity index (χ0) is 22.1. The molecule has 3 aliphatic carbocycles. The van der Waals surface area contributed by atoms with E-state index in [1.54, 1.807) is 5.57 Å². The van der Waals surface area contributed by atoms with Crippen molar-refractivity contribution in [3.8, 4) is 0 Å². The van der Waals surface area contributed by atoms with Crippen molar-refractivity contribution in [1.82, 2.24) is 0 Å². The maximum absolute atomic E-state index is 10.1. The zero-order valence-electron chi connectivity index (χ0n) is 19.2. The summed E-state index contributed by atoms with van der Waals surface area (Å²) < 4.78 is 0. The Bertz CT molecular complexity index is 742. The first-order valence-corrected chi connectivity index (χ1v) is 12.6. The Morgan fingerprint density at radius 3 is 2.77 bits per heavy atom. The summed E-state index contributed by atoms with van der Waals surface area (Å²) >= 11 is 1.97. The molecule has 0 aliphatic heterocycles. The molecule has 0 bridgehead atoms. The number of aliphatic hydroxyl groups is 3. The van der Waals surface area contributed by atoms with Crippen molar-refractivity contribution < 1.29 is 15.3 Å². The van der Waals surface area contributed by atoms with Gasteiger partial charge in [0.1, 0.15) is 0 Å². The molecule has 2 fully saturated rings. The highest BCUT2D eigenvalue weighted by Crippen LogP contribution is 2.56. The van der Waals surface area contributed by atoms with E-state index in [1.807, 2.05) is 25.6 Å². The normalized spacial score (nSPS) is 36.2. The molecule has 5 atom stereocenters. The third kappa shape index (κ3) is 5.32. The van der Waals surface area contributed by atoms with Crippen LogP contribution in [-0.4, -0.2) is 44.1 Å². The second kappa shape index (κ2) is 9.36. The Hall–Kier alpha value is -0.810. The molecule has 0 aromatic heterocycles. The van der Waals surface area contributed by atoms with Crippen molar-refractivity contribution >= 4 is 11.8 Å². The quantitative estimate of drug-likeness (QED) is 0.497. The molecule has 3 N–H and O–H groups in total. The van der Waals surface area contributed by atoms with E-state index in [1.165, 1.54) is 18.4 Å². The first kappa shape index (κ1) is 23.8. The molecule has 0 aromatic carbocycles. The second-order valence-corrected chi connectivity index (χ2v) is 11.8. The van der Waals surface area contributed by atoms with Crippen LogP contribution < -0.4 is 0 Å². The summed E-state index contributed by atoms with van der Waals surface area (Å²) in [5.74, 6) is 1.52. The molecule has 2 saturated carbocycles. The highest BCUT2D eigenvalue weighted by molar-refractivity contribution is 8.00. The summed E-state index contributed by atoms with van der Waals surface area (Å²) in [7, 11) is 0. The summed E-state index contributed by atoms with van der Waals surface area (Å²) in [5, 5.41) is 30.6. The molecule has 0 saturated heterocycles. The van der Waals surface area contributed by atoms with E-state index in [0.717, 1.165) is 36.2 Å². The number of fused-ring (bicyclic) bond motifs is 1. The Balaban J connectivity index is 1.71. The fourth-order valence-corrected chi connectivity index (χ4v) is 7.04. The number of thioether (sulfide) groups is 1. The van der Waals surface area contributed by atoms with Crippen LogP contribution in [0.3, 0.4) is 0 Å². The van der Waals surface area contributed by atoms with E-state index < -0.39 is 17.8 Å². The van der Waals surface area contributed by atoms with Gasteiger partial charge in [-0.1, -0.05) is 42.9 Å². The van der Waals surface area contributed by atoms with Gasteiger partial charge in [0.15, 0.2) is 0 Å². The number of allylic oxidation sites excluding steroid dienone is 4. The lowest BCUT2D eigenvalue weighted by atomic mass is 9.64. The van der Waals surface area contributed by atoms with Crippen molar-refractivity contribution in [1.29, 1.82) is 0 Å². The summed E-state index contributed by atoms with van der Waals surface area (Å²) in [6.45, 7) is 12.6. The smallest absolute Gasteiger partial charge is 0.0811 e. The van der Waals surface area contributed by atoms with Gasteiger partial charge in [0.25, 0.3) is 0 Å². The number of rotatable bonds is 6. The van der Waals surface area contributed by atoms with Crippen LogP contribution in [0.5, 0.6) is 0 Å². The molecule has 0 unspecified atom stereocenters. The third-order valence-electron chi connectivity index (χ3n) is 7.40. The lowest BCUT2D eigenvalue weighted by Gasteiger charge is -2.42. The van der Waals surface area contributed by atoms with Gasteiger partial charge in [-0.25, -0.2) is 0 Å². The summed E-state index contributed by atoms with van der Waals surface area (Å²) in [6, 6.07) is 0. The van der Waals surface area contributed by atoms with Crippen molar-refractivity contribution in [2.24, 2.45) is 11.3 Å². The van der Waals surface area contributed by atoms with Gasteiger partial charge in [-0.15, -0.1) is 0 Å². The first-order valence-electron chi connectivity index (χ1n) is 11.5. The van der Waals surface area contributed by atoms with Crippen molar-refractivity contribution in [3.05, 3.63) is 47.1 Å². The van der Waals surface area contributed by atoms with E-state index in [0.29, 0.717) is 24.0 Å². The van der Waals surface area contributed by atoms with E-state index >= 15 is 0 Å². The van der Waals surface area contributed by atoms with Crippen LogP contribution >= 0.6 is 11.8 Å². The van der Waals surface area contributed by atoms with Crippen molar-refractivity contribution in [2.45, 2.75) is 95.7 Å². The van der Waals surface area contributed by atoms with Crippen LogP contribution in [0.2, 0.25) is 0 Å². The molecule has 3 rings (SSSR count). The van der Waals surface area contributed by atoms with Gasteiger partial charge in [-0.05, 0) is 87.5 Å². The van der Waals surface area contributed by atoms with E-state index in [4.69, 9.17) is 0 Å². The fourth-order valence-electron chi connectivity index (χ4n) is 5.52. The highest BCUT2D eigenvalue weighted by Gasteiger charge is 2.46. The van der Waals surface area contributed by atoms with Crippen LogP contribution in [-0.2, 0) is 0 Å². The standard InChI is InChI=1S/C26H40O3S/c1-17-20(15-21(27)16-24(17)28)9-8-19-7-6-12-26(5)22(10-11-23(19)26)18(2)30-14-13-25(3,4)29/h8-10,18,21,23-24,27-29H,1,6-7,11-16H2,2-5H3/b19-8+,20-9-/t18-,21+,23-,24-,26+/m0/s1. The lowest BCUT2D eigenvalue weighted by Crippen LogP contribution is -2.33. The summed E-state index contributed by atoms with van der Waals surface area (Å²) in [4.78, 5) is 0. The van der Waals surface area contributed by atoms with Gasteiger partial charge in [-0.3, -0.25) is 0 Å². The molecule has 0 radical (unpaired) electrons. The highest BCUT2D eigenvalue weighted by atomic mass is 32.2. The van der Waals surface area contributed by atoms with Gasteiger partial charge in [0.05, 0.1) is 17.8 Å². The minimum absolute atomic E-state index is 0.215. The fraction of sp³-hybridized carbons (Fsp3) is 0.692. The SMILES string of the molecule is C=C1/C(=C\C=C2/CCC[C@]3(C)C([C@H](C)SCCC(C)(C)O)=CC[C@@H]23)C[C@@H](O)C[C@@H]1O. The van der Waals surface area contributed by atoms with Gasteiger partial charge < -0.3 is 15.3 Å². The molecule has 30 heavy (non-hydrogen) atoms. The minimum atomic E-state index is -0.628. The van der Waals surface area contributed by atoms with Crippen LogP contribution in [0.15, 0.2) is 47.1 Å². The third-order valence-corrected chi connectivity index (χ3v) is 8.59. The molecular formula is C26H40O3S. The second-order valence-electron chi connectivity index (χ2n) is 10.4. The van der Waals surface area contributed by atoms with Crippen LogP contribution in [0.25, 0.3) is 0 Å². The lowest BCUT2D eigenvalue weighted by molar-refractivity contribution is 0.0777. The Morgan fingerprint density at radius 1 is 1.33 bits per heavy atom. The van der Waals surface area contributed by atoms with Crippen molar-refractivity contribution in [2.75, 3.05) is 5.75 Å². The van der Waals surface area contributed by atoms with Gasteiger partial charge >= 0.3 is 0 Å². The topological polar surface area (TPSA) is 60.7 Å². The van der Waals surface area contributed by atoms with Crippen LogP contribution in [0.4, 0.5) is 0 Å². The summed E-state index contributed by atoms with van der Waals surface area (Å²) in [5.41, 5.74) is 4.45. The van der Waals surface area contributed by atoms with Crippen LogP contribution in [0.1, 0.15) is 72.6 Å². The molecule has 0 heterocycles. The maximum atomic E-state index is 10.1. The Labute approximate surface area is 187 Å². The van der Waals surface area contributed by atoms with Crippen LogP contribution in [0, 0.1) is 11.3 Å². The molecular weight excluding hydrogens is 392 g/mol. The van der Waals surface area contributed by atoms with E-state index in [9.17, 15) is 15.3 Å². The largest absolute Gasteiger partial charge is 0.393 e.